The zero-order valence-electron chi connectivity index (χ0n) is 11.3. The molecule has 1 amide bonds. The third-order valence-corrected chi connectivity index (χ3v) is 4.34. The zero-order chi connectivity index (χ0) is 14.1. The molecule has 1 aromatic rings. The summed E-state index contributed by atoms with van der Waals surface area (Å²) < 4.78 is 0. The van der Waals surface area contributed by atoms with Gasteiger partial charge < -0.3 is 10.4 Å². The number of aryl methyl sites for hydroxylation is 1. The van der Waals surface area contributed by atoms with Gasteiger partial charge in [0.1, 0.15) is 6.04 Å². The Morgan fingerprint density at radius 3 is 2.65 bits per heavy atom. The van der Waals surface area contributed by atoms with E-state index in [0.717, 1.165) is 37.7 Å². The number of carboxylic acids is 1. The molecule has 1 fully saturated rings. The monoisotopic (exact) mass is 273 g/mol. The lowest BCUT2D eigenvalue weighted by molar-refractivity contribution is -0.142. The van der Waals surface area contributed by atoms with Crippen LogP contribution in [0.5, 0.6) is 0 Å². The van der Waals surface area contributed by atoms with Crippen LogP contribution < -0.4 is 5.32 Å². The van der Waals surface area contributed by atoms with Crippen molar-refractivity contribution in [1.82, 2.24) is 5.32 Å². The maximum atomic E-state index is 12.4. The zero-order valence-corrected chi connectivity index (χ0v) is 11.3. The molecule has 1 saturated carbocycles. The summed E-state index contributed by atoms with van der Waals surface area (Å²) in [7, 11) is 0. The van der Waals surface area contributed by atoms with Gasteiger partial charge in [-0.25, -0.2) is 4.79 Å². The predicted molar refractivity (Wildman–Crippen MR) is 74.4 cm³/mol. The maximum Gasteiger partial charge on any atom is 0.326 e. The second-order valence-electron chi connectivity index (χ2n) is 5.81. The molecule has 3 rings (SSSR count). The largest absolute Gasteiger partial charge is 0.480 e. The predicted octanol–water partition coefficient (Wildman–Crippen LogP) is 2.09. The smallest absolute Gasteiger partial charge is 0.326 e. The number of amides is 1. The molecule has 106 valence electrons. The van der Waals surface area contributed by atoms with Crippen LogP contribution >= 0.6 is 0 Å². The van der Waals surface area contributed by atoms with Crippen molar-refractivity contribution in [3.63, 3.8) is 0 Å². The summed E-state index contributed by atoms with van der Waals surface area (Å²) >= 11 is 0. The van der Waals surface area contributed by atoms with Crippen LogP contribution in [0.2, 0.25) is 0 Å². The number of hydrogen-bond donors (Lipinski definition) is 2. The average molecular weight is 273 g/mol. The topological polar surface area (TPSA) is 66.4 Å². The SMILES string of the molecule is O=C(NC(C(=O)O)C1CC1)C1CCCc2ccccc21. The van der Waals surface area contributed by atoms with Gasteiger partial charge in [0, 0.05) is 0 Å². The number of nitrogens with one attached hydrogen (secondary N) is 1. The molecule has 4 nitrogen and oxygen atoms in total. The number of hydrogen-bond acceptors (Lipinski definition) is 2. The van der Waals surface area contributed by atoms with E-state index in [4.69, 9.17) is 0 Å². The van der Waals surface area contributed by atoms with E-state index in [-0.39, 0.29) is 17.7 Å². The highest BCUT2D eigenvalue weighted by Crippen LogP contribution is 2.35. The van der Waals surface area contributed by atoms with Gasteiger partial charge in [-0.05, 0) is 49.1 Å². The fourth-order valence-electron chi connectivity index (χ4n) is 3.09. The molecule has 0 aliphatic heterocycles. The number of carboxylic acid groups (broad SMARTS) is 1. The Bertz CT molecular complexity index is 536. The number of carbonyl (C=O) groups excluding carboxylic acids is 1. The summed E-state index contributed by atoms with van der Waals surface area (Å²) in [6.07, 6.45) is 4.60. The quantitative estimate of drug-likeness (QED) is 0.882. The van der Waals surface area contributed by atoms with Crippen LogP contribution in [0.1, 0.15) is 42.7 Å². The first kappa shape index (κ1) is 13.2. The summed E-state index contributed by atoms with van der Waals surface area (Å²) in [5, 5.41) is 12.0. The van der Waals surface area contributed by atoms with Gasteiger partial charge >= 0.3 is 5.97 Å². The van der Waals surface area contributed by atoms with Crippen molar-refractivity contribution in [3.8, 4) is 0 Å². The highest BCUT2D eigenvalue weighted by Gasteiger charge is 2.39. The first-order valence-electron chi connectivity index (χ1n) is 7.28. The van der Waals surface area contributed by atoms with Gasteiger partial charge in [-0.1, -0.05) is 24.3 Å². The molecular weight excluding hydrogens is 254 g/mol. The second kappa shape index (κ2) is 5.27. The molecule has 4 heteroatoms. The van der Waals surface area contributed by atoms with Crippen molar-refractivity contribution in [2.75, 3.05) is 0 Å². The molecular formula is C16H19NO3. The number of rotatable bonds is 4. The molecule has 0 heterocycles. The van der Waals surface area contributed by atoms with Crippen molar-refractivity contribution in [2.45, 2.75) is 44.1 Å². The van der Waals surface area contributed by atoms with Gasteiger partial charge in [0.15, 0.2) is 0 Å². The Kier molecular flexibility index (Phi) is 3.47. The van der Waals surface area contributed by atoms with Crippen LogP contribution in [0.4, 0.5) is 0 Å². The molecule has 2 N–H and O–H groups in total. The lowest BCUT2D eigenvalue weighted by atomic mass is 9.82. The number of aliphatic carboxylic acids is 1. The van der Waals surface area contributed by atoms with Crippen LogP contribution in [-0.2, 0) is 16.0 Å². The number of fused-ring (bicyclic) bond motifs is 1. The molecule has 2 atom stereocenters. The van der Waals surface area contributed by atoms with E-state index < -0.39 is 12.0 Å². The Morgan fingerprint density at radius 1 is 1.20 bits per heavy atom. The second-order valence-corrected chi connectivity index (χ2v) is 5.81. The van der Waals surface area contributed by atoms with E-state index in [9.17, 15) is 14.7 Å². The van der Waals surface area contributed by atoms with Crippen molar-refractivity contribution in [3.05, 3.63) is 35.4 Å². The fraction of sp³-hybridized carbons (Fsp3) is 0.500. The first-order valence-corrected chi connectivity index (χ1v) is 7.28. The van der Waals surface area contributed by atoms with E-state index in [1.165, 1.54) is 5.56 Å². The highest BCUT2D eigenvalue weighted by molar-refractivity contribution is 5.88. The lowest BCUT2D eigenvalue weighted by Gasteiger charge is -2.26. The molecule has 0 bridgehead atoms. The van der Waals surface area contributed by atoms with Gasteiger partial charge in [-0.15, -0.1) is 0 Å². The molecule has 0 radical (unpaired) electrons. The van der Waals surface area contributed by atoms with Crippen LogP contribution in [0.15, 0.2) is 24.3 Å². The molecule has 0 spiro atoms. The molecule has 1 aromatic carbocycles. The van der Waals surface area contributed by atoms with E-state index in [1.807, 2.05) is 18.2 Å². The summed E-state index contributed by atoms with van der Waals surface area (Å²) in [4.78, 5) is 23.7. The minimum absolute atomic E-state index is 0.121. The summed E-state index contributed by atoms with van der Waals surface area (Å²) in [6.45, 7) is 0. The molecule has 0 saturated heterocycles. The Morgan fingerprint density at radius 2 is 1.95 bits per heavy atom. The molecule has 2 aliphatic rings. The van der Waals surface area contributed by atoms with Crippen molar-refractivity contribution < 1.29 is 14.7 Å². The van der Waals surface area contributed by atoms with E-state index in [0.29, 0.717) is 0 Å². The highest BCUT2D eigenvalue weighted by atomic mass is 16.4. The Balaban J connectivity index is 1.76. The van der Waals surface area contributed by atoms with E-state index in [2.05, 4.69) is 11.4 Å². The third-order valence-electron chi connectivity index (χ3n) is 4.34. The van der Waals surface area contributed by atoms with Gasteiger partial charge in [-0.2, -0.15) is 0 Å². The van der Waals surface area contributed by atoms with Gasteiger partial charge in [0.05, 0.1) is 5.92 Å². The summed E-state index contributed by atoms with van der Waals surface area (Å²) in [6, 6.07) is 7.27. The van der Waals surface area contributed by atoms with Crippen molar-refractivity contribution >= 4 is 11.9 Å². The van der Waals surface area contributed by atoms with Crippen LogP contribution in [0.3, 0.4) is 0 Å². The summed E-state index contributed by atoms with van der Waals surface area (Å²) in [5.74, 6) is -1.11. The minimum atomic E-state index is -0.912. The summed E-state index contributed by atoms with van der Waals surface area (Å²) in [5.41, 5.74) is 2.29. The van der Waals surface area contributed by atoms with Crippen molar-refractivity contribution in [2.24, 2.45) is 5.92 Å². The maximum absolute atomic E-state index is 12.4. The normalized spacial score (nSPS) is 22.7. The lowest BCUT2D eigenvalue weighted by Crippen LogP contribution is -2.44. The fourth-order valence-corrected chi connectivity index (χ4v) is 3.09. The standard InChI is InChI=1S/C16H19NO3/c18-15(17-14(16(19)20)11-8-9-11)13-7-3-5-10-4-1-2-6-12(10)13/h1-2,4,6,11,13-14H,3,5,7-9H2,(H,17,18)(H,19,20). The molecule has 0 aromatic heterocycles. The van der Waals surface area contributed by atoms with E-state index >= 15 is 0 Å². The van der Waals surface area contributed by atoms with Crippen LogP contribution in [0.25, 0.3) is 0 Å². The van der Waals surface area contributed by atoms with Gasteiger partial charge in [0.2, 0.25) is 5.91 Å². The molecule has 20 heavy (non-hydrogen) atoms. The number of benzene rings is 1. The Labute approximate surface area is 118 Å². The van der Waals surface area contributed by atoms with E-state index in [1.54, 1.807) is 0 Å². The Hall–Kier alpha value is -1.84. The van der Waals surface area contributed by atoms with Crippen molar-refractivity contribution in [1.29, 1.82) is 0 Å². The third kappa shape index (κ3) is 2.55. The molecule has 2 unspecified atom stereocenters. The van der Waals surface area contributed by atoms with Gasteiger partial charge in [-0.3, -0.25) is 4.79 Å². The van der Waals surface area contributed by atoms with Crippen LogP contribution in [-0.4, -0.2) is 23.0 Å². The average Bonchev–Trinajstić information content (AvgIpc) is 3.28. The van der Waals surface area contributed by atoms with Crippen LogP contribution in [0, 0.1) is 5.92 Å². The minimum Gasteiger partial charge on any atom is -0.480 e. The molecule has 2 aliphatic carbocycles. The van der Waals surface area contributed by atoms with Gasteiger partial charge in [0.25, 0.3) is 0 Å². The number of carbonyl (C=O) groups is 2. The first-order chi connectivity index (χ1) is 9.66.